The van der Waals surface area contributed by atoms with Crippen molar-refractivity contribution in [3.8, 4) is 5.69 Å². The highest BCUT2D eigenvalue weighted by Crippen LogP contribution is 2.31. The van der Waals surface area contributed by atoms with Gasteiger partial charge in [0, 0.05) is 5.56 Å². The highest BCUT2D eigenvalue weighted by atomic mass is 35.5. The number of nitrogens with zero attached hydrogens (tertiary/aromatic N) is 2. The Balaban J connectivity index is 2.54. The van der Waals surface area contributed by atoms with Gasteiger partial charge in [-0.1, -0.05) is 17.7 Å². The average molecular weight is 309 g/mol. The molecule has 0 atom stereocenters. The van der Waals surface area contributed by atoms with Crippen LogP contribution in [0.4, 0.5) is 13.2 Å². The van der Waals surface area contributed by atoms with Gasteiger partial charge in [-0.2, -0.15) is 18.3 Å². The summed E-state index contributed by atoms with van der Waals surface area (Å²) < 4.78 is 39.2. The van der Waals surface area contributed by atoms with Gasteiger partial charge < -0.3 is 0 Å². The van der Waals surface area contributed by atoms with Gasteiger partial charge in [-0.15, -0.1) is 11.6 Å². The molecular weight excluding hydrogens is 300 g/mol. The van der Waals surface area contributed by atoms with E-state index in [4.69, 9.17) is 23.2 Å². The van der Waals surface area contributed by atoms with Crippen molar-refractivity contribution in [3.63, 3.8) is 0 Å². The number of aryl methyl sites for hydroxylation is 1. The van der Waals surface area contributed by atoms with Gasteiger partial charge in [0.15, 0.2) is 0 Å². The Morgan fingerprint density at radius 2 is 2.00 bits per heavy atom. The zero-order valence-electron chi connectivity index (χ0n) is 9.80. The van der Waals surface area contributed by atoms with Crippen molar-refractivity contribution in [2.75, 3.05) is 0 Å². The molecule has 0 bridgehead atoms. The normalized spacial score (nSPS) is 11.9. The summed E-state index contributed by atoms with van der Waals surface area (Å²) in [5.41, 5.74) is 0.707. The van der Waals surface area contributed by atoms with E-state index in [0.29, 0.717) is 11.3 Å². The molecule has 2 rings (SSSR count). The van der Waals surface area contributed by atoms with E-state index in [0.717, 1.165) is 12.1 Å². The van der Waals surface area contributed by atoms with E-state index in [9.17, 15) is 13.2 Å². The molecule has 1 aromatic heterocycles. The maximum Gasteiger partial charge on any atom is 0.416 e. The second kappa shape index (κ2) is 5.06. The minimum Gasteiger partial charge on any atom is -0.222 e. The predicted molar refractivity (Wildman–Crippen MR) is 67.9 cm³/mol. The quantitative estimate of drug-likeness (QED) is 0.742. The highest BCUT2D eigenvalue weighted by Gasteiger charge is 2.30. The molecule has 0 radical (unpaired) electrons. The van der Waals surface area contributed by atoms with Crippen molar-refractivity contribution in [1.82, 2.24) is 9.78 Å². The van der Waals surface area contributed by atoms with Gasteiger partial charge >= 0.3 is 6.18 Å². The average Bonchev–Trinajstić information content (AvgIpc) is 2.63. The van der Waals surface area contributed by atoms with Crippen LogP contribution in [0.2, 0.25) is 5.15 Å². The first-order chi connectivity index (χ1) is 8.84. The molecule has 1 aromatic carbocycles. The van der Waals surface area contributed by atoms with Gasteiger partial charge in [-0.3, -0.25) is 0 Å². The number of benzene rings is 1. The summed E-state index contributed by atoms with van der Waals surface area (Å²) in [6.07, 6.45) is -4.40. The van der Waals surface area contributed by atoms with Crippen LogP contribution in [0.1, 0.15) is 16.8 Å². The van der Waals surface area contributed by atoms with E-state index in [-0.39, 0.29) is 16.7 Å². The van der Waals surface area contributed by atoms with E-state index in [1.165, 1.54) is 16.8 Å². The molecule has 102 valence electrons. The molecule has 0 aliphatic rings. The zero-order valence-corrected chi connectivity index (χ0v) is 11.3. The summed E-state index contributed by atoms with van der Waals surface area (Å²) in [5.74, 6) is 0.156. The lowest BCUT2D eigenvalue weighted by Gasteiger charge is -2.09. The first-order valence-electron chi connectivity index (χ1n) is 5.32. The molecule has 7 heteroatoms. The van der Waals surface area contributed by atoms with E-state index in [1.807, 2.05) is 0 Å². The van der Waals surface area contributed by atoms with Crippen LogP contribution < -0.4 is 0 Å². The number of hydrogen-bond donors (Lipinski definition) is 0. The Kier molecular flexibility index (Phi) is 3.78. The van der Waals surface area contributed by atoms with Crippen molar-refractivity contribution in [2.24, 2.45) is 0 Å². The van der Waals surface area contributed by atoms with Gasteiger partial charge in [-0.05, 0) is 25.1 Å². The summed E-state index contributed by atoms with van der Waals surface area (Å²) in [6.45, 7) is 1.70. The number of hydrogen-bond acceptors (Lipinski definition) is 1. The smallest absolute Gasteiger partial charge is 0.222 e. The van der Waals surface area contributed by atoms with Crippen LogP contribution in [0.15, 0.2) is 24.3 Å². The maximum absolute atomic E-state index is 12.7. The Morgan fingerprint density at radius 3 is 2.53 bits per heavy atom. The zero-order chi connectivity index (χ0) is 14.2. The molecular formula is C12H9Cl2F3N2. The van der Waals surface area contributed by atoms with Crippen molar-refractivity contribution in [1.29, 1.82) is 0 Å². The van der Waals surface area contributed by atoms with Gasteiger partial charge in [0.25, 0.3) is 0 Å². The van der Waals surface area contributed by atoms with E-state index >= 15 is 0 Å². The molecule has 0 saturated heterocycles. The molecule has 0 fully saturated rings. The van der Waals surface area contributed by atoms with Crippen LogP contribution in [0.5, 0.6) is 0 Å². The lowest BCUT2D eigenvalue weighted by molar-refractivity contribution is -0.137. The fraction of sp³-hybridized carbons (Fsp3) is 0.250. The van der Waals surface area contributed by atoms with E-state index < -0.39 is 11.7 Å². The van der Waals surface area contributed by atoms with Crippen LogP contribution in [0.25, 0.3) is 5.69 Å². The fourth-order valence-corrected chi connectivity index (χ4v) is 2.40. The summed E-state index contributed by atoms with van der Waals surface area (Å²) in [6, 6.07) is 4.81. The molecule has 2 nitrogen and oxygen atoms in total. The topological polar surface area (TPSA) is 17.8 Å². The Labute approximate surface area is 117 Å². The van der Waals surface area contributed by atoms with Crippen LogP contribution in [0.3, 0.4) is 0 Å². The lowest BCUT2D eigenvalue weighted by Crippen LogP contribution is -2.06. The molecule has 0 amide bonds. The molecule has 0 aliphatic carbocycles. The van der Waals surface area contributed by atoms with Gasteiger partial charge in [0.2, 0.25) is 0 Å². The molecule has 19 heavy (non-hydrogen) atoms. The summed E-state index contributed by atoms with van der Waals surface area (Å²) >= 11 is 11.8. The predicted octanol–water partition coefficient (Wildman–Crippen LogP) is 4.59. The standard InChI is InChI=1S/C12H9Cl2F3N2/c1-7-10(6-13)11(14)19(18-7)9-4-2-3-8(5-9)12(15,16)17/h2-5H,6H2,1H3. The number of aromatic nitrogens is 2. The third kappa shape index (κ3) is 2.72. The third-order valence-electron chi connectivity index (χ3n) is 2.67. The largest absolute Gasteiger partial charge is 0.416 e. The Hall–Kier alpha value is -1.20. The van der Waals surface area contributed by atoms with E-state index in [1.54, 1.807) is 6.92 Å². The molecule has 0 saturated carbocycles. The Morgan fingerprint density at radius 1 is 1.32 bits per heavy atom. The number of halogens is 5. The molecule has 1 heterocycles. The number of alkyl halides is 4. The molecule has 0 aliphatic heterocycles. The maximum atomic E-state index is 12.7. The van der Waals surface area contributed by atoms with Crippen molar-refractivity contribution < 1.29 is 13.2 Å². The molecule has 0 unspecified atom stereocenters. The second-order valence-corrected chi connectivity index (χ2v) is 4.57. The van der Waals surface area contributed by atoms with Gasteiger partial charge in [0.05, 0.1) is 22.8 Å². The highest BCUT2D eigenvalue weighted by molar-refractivity contribution is 6.31. The summed E-state index contributed by atoms with van der Waals surface area (Å²) in [5, 5.41) is 4.34. The van der Waals surface area contributed by atoms with Crippen molar-refractivity contribution >= 4 is 23.2 Å². The SMILES string of the molecule is Cc1nn(-c2cccc(C(F)(F)F)c2)c(Cl)c1CCl. The minimum atomic E-state index is -4.40. The van der Waals surface area contributed by atoms with Crippen LogP contribution in [-0.2, 0) is 12.1 Å². The van der Waals surface area contributed by atoms with Gasteiger partial charge in [0.1, 0.15) is 5.15 Å². The lowest BCUT2D eigenvalue weighted by atomic mass is 10.2. The minimum absolute atomic E-state index is 0.156. The van der Waals surface area contributed by atoms with Crippen molar-refractivity contribution in [3.05, 3.63) is 46.2 Å². The first-order valence-corrected chi connectivity index (χ1v) is 6.23. The van der Waals surface area contributed by atoms with Crippen LogP contribution in [-0.4, -0.2) is 9.78 Å². The van der Waals surface area contributed by atoms with Gasteiger partial charge in [-0.25, -0.2) is 4.68 Å². The monoisotopic (exact) mass is 308 g/mol. The van der Waals surface area contributed by atoms with E-state index in [2.05, 4.69) is 5.10 Å². The second-order valence-electron chi connectivity index (χ2n) is 3.95. The molecule has 0 N–H and O–H groups in total. The fourth-order valence-electron chi connectivity index (χ4n) is 1.67. The Bertz CT molecular complexity index is 606. The first kappa shape index (κ1) is 14.2. The van der Waals surface area contributed by atoms with Crippen LogP contribution >= 0.6 is 23.2 Å². The third-order valence-corrected chi connectivity index (χ3v) is 3.33. The van der Waals surface area contributed by atoms with Crippen LogP contribution in [0, 0.1) is 6.92 Å². The number of rotatable bonds is 2. The summed E-state index contributed by atoms with van der Waals surface area (Å²) in [4.78, 5) is 0. The van der Waals surface area contributed by atoms with Crippen molar-refractivity contribution in [2.45, 2.75) is 19.0 Å². The molecule has 0 spiro atoms. The molecule has 2 aromatic rings. The summed E-state index contributed by atoms with van der Waals surface area (Å²) in [7, 11) is 0.